The molecule has 0 fully saturated rings. The Kier molecular flexibility index (Phi) is 9.37. The molecule has 16 heavy (non-hydrogen) atoms. The highest BCUT2D eigenvalue weighted by molar-refractivity contribution is 4.88. The van der Waals surface area contributed by atoms with E-state index in [0.717, 1.165) is 38.6 Å². The third kappa shape index (κ3) is 8.76. The van der Waals surface area contributed by atoms with Crippen molar-refractivity contribution in [2.45, 2.75) is 34.1 Å². The molecule has 0 rings (SSSR count). The highest BCUT2D eigenvalue weighted by Crippen LogP contribution is 2.00. The van der Waals surface area contributed by atoms with Crippen LogP contribution in [0.25, 0.3) is 0 Å². The van der Waals surface area contributed by atoms with E-state index < -0.39 is 0 Å². The summed E-state index contributed by atoms with van der Waals surface area (Å²) in [4.78, 5) is 2.36. The number of hydrogen-bond acceptors (Lipinski definition) is 2. The minimum absolute atomic E-state index is 0.665. The Hall–Kier alpha value is -0.520. The molecule has 0 saturated carbocycles. The van der Waals surface area contributed by atoms with E-state index in [1.54, 1.807) is 0 Å². The maximum Gasteiger partial charge on any atom is 0.0599 e. The average molecular weight is 224 g/mol. The van der Waals surface area contributed by atoms with E-state index in [-0.39, 0.29) is 0 Å². The molecule has 0 bridgehead atoms. The first kappa shape index (κ1) is 15.5. The SMILES string of the molecule is C#CCN(CCC)CC(C)CNCC(C)C. The Morgan fingerprint density at radius 3 is 2.44 bits per heavy atom. The van der Waals surface area contributed by atoms with Gasteiger partial charge in [0.2, 0.25) is 0 Å². The predicted molar refractivity (Wildman–Crippen MR) is 72.4 cm³/mol. The second kappa shape index (κ2) is 9.69. The molecular formula is C14H28N2. The van der Waals surface area contributed by atoms with Crippen LogP contribution in [0.2, 0.25) is 0 Å². The van der Waals surface area contributed by atoms with Crippen molar-refractivity contribution in [3.05, 3.63) is 0 Å². The molecule has 0 amide bonds. The van der Waals surface area contributed by atoms with E-state index in [1.165, 1.54) is 6.42 Å². The van der Waals surface area contributed by atoms with Crippen molar-refractivity contribution in [3.63, 3.8) is 0 Å². The van der Waals surface area contributed by atoms with Crippen LogP contribution in [0.4, 0.5) is 0 Å². The molecule has 1 atom stereocenters. The van der Waals surface area contributed by atoms with Gasteiger partial charge in [0.1, 0.15) is 0 Å². The van der Waals surface area contributed by atoms with E-state index in [9.17, 15) is 0 Å². The lowest BCUT2D eigenvalue weighted by Crippen LogP contribution is -2.35. The fraction of sp³-hybridized carbons (Fsp3) is 0.857. The largest absolute Gasteiger partial charge is 0.316 e. The Morgan fingerprint density at radius 1 is 1.25 bits per heavy atom. The molecule has 0 spiro atoms. The lowest BCUT2D eigenvalue weighted by molar-refractivity contribution is 0.259. The molecule has 1 unspecified atom stereocenters. The number of terminal acetylenes is 1. The molecule has 0 aromatic carbocycles. The molecular weight excluding hydrogens is 196 g/mol. The van der Waals surface area contributed by atoms with Crippen LogP contribution in [0.1, 0.15) is 34.1 Å². The molecule has 2 nitrogen and oxygen atoms in total. The summed E-state index contributed by atoms with van der Waals surface area (Å²) in [6, 6.07) is 0. The van der Waals surface area contributed by atoms with E-state index in [2.05, 4.69) is 43.8 Å². The molecule has 0 aliphatic heterocycles. The molecule has 0 aliphatic rings. The smallest absolute Gasteiger partial charge is 0.0599 e. The quantitative estimate of drug-likeness (QED) is 0.604. The van der Waals surface area contributed by atoms with Crippen LogP contribution in [0.15, 0.2) is 0 Å². The van der Waals surface area contributed by atoms with Crippen molar-refractivity contribution < 1.29 is 0 Å². The van der Waals surface area contributed by atoms with Crippen LogP contribution in [0.3, 0.4) is 0 Å². The summed E-state index contributed by atoms with van der Waals surface area (Å²) >= 11 is 0. The summed E-state index contributed by atoms with van der Waals surface area (Å²) in [6.07, 6.45) is 6.54. The Bertz CT molecular complexity index is 193. The van der Waals surface area contributed by atoms with Gasteiger partial charge in [-0.2, -0.15) is 0 Å². The van der Waals surface area contributed by atoms with E-state index >= 15 is 0 Å². The van der Waals surface area contributed by atoms with Gasteiger partial charge >= 0.3 is 0 Å². The summed E-state index contributed by atoms with van der Waals surface area (Å²) in [5.74, 6) is 4.13. The first-order valence-electron chi connectivity index (χ1n) is 6.46. The normalized spacial score (nSPS) is 13.1. The highest BCUT2D eigenvalue weighted by atomic mass is 15.1. The van der Waals surface area contributed by atoms with Crippen LogP contribution in [-0.4, -0.2) is 37.6 Å². The zero-order chi connectivity index (χ0) is 12.4. The summed E-state index contributed by atoms with van der Waals surface area (Å²) in [7, 11) is 0. The van der Waals surface area contributed by atoms with E-state index in [1.807, 2.05) is 0 Å². The van der Waals surface area contributed by atoms with Gasteiger partial charge in [0, 0.05) is 6.54 Å². The molecule has 1 N–H and O–H groups in total. The van der Waals surface area contributed by atoms with Gasteiger partial charge in [-0.05, 0) is 37.9 Å². The molecule has 0 aromatic rings. The van der Waals surface area contributed by atoms with Crippen molar-refractivity contribution in [1.29, 1.82) is 0 Å². The lowest BCUT2D eigenvalue weighted by Gasteiger charge is -2.23. The van der Waals surface area contributed by atoms with Crippen molar-refractivity contribution in [2.75, 3.05) is 32.7 Å². The molecule has 0 radical (unpaired) electrons. The maximum atomic E-state index is 5.37. The standard InChI is InChI=1S/C14H28N2/c1-6-8-16(9-7-2)12-14(5)11-15-10-13(3)4/h1,13-15H,7-12H2,2-5H3. The van der Waals surface area contributed by atoms with Crippen LogP contribution < -0.4 is 5.32 Å². The van der Waals surface area contributed by atoms with Gasteiger partial charge in [0.15, 0.2) is 0 Å². The van der Waals surface area contributed by atoms with E-state index in [4.69, 9.17) is 6.42 Å². The van der Waals surface area contributed by atoms with Crippen LogP contribution in [-0.2, 0) is 0 Å². The number of nitrogens with zero attached hydrogens (tertiary/aromatic N) is 1. The van der Waals surface area contributed by atoms with Crippen molar-refractivity contribution in [3.8, 4) is 12.3 Å². The molecule has 0 saturated heterocycles. The van der Waals surface area contributed by atoms with Gasteiger partial charge in [-0.15, -0.1) is 6.42 Å². The summed E-state index contributed by atoms with van der Waals surface area (Å²) < 4.78 is 0. The lowest BCUT2D eigenvalue weighted by atomic mass is 10.1. The Balaban J connectivity index is 3.72. The monoisotopic (exact) mass is 224 g/mol. The number of hydrogen-bond donors (Lipinski definition) is 1. The van der Waals surface area contributed by atoms with Gasteiger partial charge < -0.3 is 5.32 Å². The summed E-state index contributed by atoms with van der Waals surface area (Å²) in [5, 5.41) is 3.50. The average Bonchev–Trinajstić information content (AvgIpc) is 2.17. The molecule has 0 aliphatic carbocycles. The number of rotatable bonds is 9. The van der Waals surface area contributed by atoms with Crippen LogP contribution >= 0.6 is 0 Å². The molecule has 2 heteroatoms. The highest BCUT2D eigenvalue weighted by Gasteiger charge is 2.08. The fourth-order valence-electron chi connectivity index (χ4n) is 1.80. The molecule has 0 aromatic heterocycles. The molecule has 0 heterocycles. The van der Waals surface area contributed by atoms with Crippen molar-refractivity contribution in [1.82, 2.24) is 10.2 Å². The van der Waals surface area contributed by atoms with E-state index in [0.29, 0.717) is 5.92 Å². The van der Waals surface area contributed by atoms with Crippen LogP contribution in [0, 0.1) is 24.2 Å². The summed E-state index contributed by atoms with van der Waals surface area (Å²) in [6.45, 7) is 14.1. The zero-order valence-corrected chi connectivity index (χ0v) is 11.4. The van der Waals surface area contributed by atoms with Gasteiger partial charge in [0.05, 0.1) is 6.54 Å². The Labute approximate surface area is 102 Å². The van der Waals surface area contributed by atoms with Gasteiger partial charge in [-0.3, -0.25) is 4.90 Å². The minimum Gasteiger partial charge on any atom is -0.316 e. The first-order valence-corrected chi connectivity index (χ1v) is 6.46. The minimum atomic E-state index is 0.665. The third-order valence-electron chi connectivity index (χ3n) is 2.47. The van der Waals surface area contributed by atoms with Crippen molar-refractivity contribution >= 4 is 0 Å². The maximum absolute atomic E-state index is 5.37. The second-order valence-electron chi connectivity index (χ2n) is 5.10. The topological polar surface area (TPSA) is 15.3 Å². The van der Waals surface area contributed by atoms with Crippen molar-refractivity contribution in [2.24, 2.45) is 11.8 Å². The van der Waals surface area contributed by atoms with Gasteiger partial charge in [0.25, 0.3) is 0 Å². The first-order chi connectivity index (χ1) is 7.60. The summed E-state index contributed by atoms with van der Waals surface area (Å²) in [5.41, 5.74) is 0. The number of nitrogens with one attached hydrogen (secondary N) is 1. The fourth-order valence-corrected chi connectivity index (χ4v) is 1.80. The molecule has 94 valence electrons. The predicted octanol–water partition coefficient (Wildman–Crippen LogP) is 2.21. The second-order valence-corrected chi connectivity index (χ2v) is 5.10. The van der Waals surface area contributed by atoms with Gasteiger partial charge in [-0.25, -0.2) is 0 Å². The zero-order valence-electron chi connectivity index (χ0n) is 11.4. The van der Waals surface area contributed by atoms with Crippen LogP contribution in [0.5, 0.6) is 0 Å². The third-order valence-corrected chi connectivity index (χ3v) is 2.47. The Morgan fingerprint density at radius 2 is 1.94 bits per heavy atom. The van der Waals surface area contributed by atoms with Gasteiger partial charge in [-0.1, -0.05) is 33.6 Å².